The molecule has 0 aromatic heterocycles. The number of aliphatic hydroxyl groups is 1. The van der Waals surface area contributed by atoms with Gasteiger partial charge in [0.15, 0.2) is 0 Å². The summed E-state index contributed by atoms with van der Waals surface area (Å²) in [5, 5.41) is 33.3. The fourth-order valence-electron chi connectivity index (χ4n) is 0.607. The molecule has 0 aliphatic heterocycles. The van der Waals surface area contributed by atoms with Gasteiger partial charge in [-0.15, -0.1) is 0 Å². The predicted octanol–water partition coefficient (Wildman–Crippen LogP) is -2.89. The fourth-order valence-corrected chi connectivity index (χ4v) is 0.607. The number of carbonyl (C=O) groups is 5. The van der Waals surface area contributed by atoms with Crippen LogP contribution in [0.4, 0.5) is 0 Å². The minimum absolute atomic E-state index is 2.44. The van der Waals surface area contributed by atoms with E-state index in [0.29, 0.717) is 0 Å². The first-order chi connectivity index (χ1) is 6.65. The van der Waals surface area contributed by atoms with Crippen molar-refractivity contribution in [3.8, 4) is 0 Å². The molecule has 0 fully saturated rings. The summed E-state index contributed by atoms with van der Waals surface area (Å²) < 4.78 is 0. The van der Waals surface area contributed by atoms with Crippen molar-refractivity contribution in [1.82, 2.24) is 0 Å². The molecular weight excluding hydrogens is 216 g/mol. The predicted molar refractivity (Wildman–Crippen MR) is 37.9 cm³/mol. The van der Waals surface area contributed by atoms with Crippen molar-refractivity contribution in [1.29, 1.82) is 0 Å². The van der Waals surface area contributed by atoms with E-state index in [4.69, 9.17) is 20.4 Å². The Morgan fingerprint density at radius 2 is 1.00 bits per heavy atom. The lowest BCUT2D eigenvalue weighted by molar-refractivity contribution is -0.179. The smallest absolute Gasteiger partial charge is 0.376 e. The van der Waals surface area contributed by atoms with Gasteiger partial charge in [-0.3, -0.25) is 9.59 Å². The highest BCUT2D eigenvalue weighted by Gasteiger charge is 2.57. The number of aliphatic carboxylic acids is 3. The fraction of sp³-hybridized carbons (Fsp3) is 0.167. The molecule has 82 valence electrons. The van der Waals surface area contributed by atoms with Gasteiger partial charge in [-0.25, -0.2) is 14.4 Å². The highest BCUT2D eigenvalue weighted by molar-refractivity contribution is 6.56. The van der Waals surface area contributed by atoms with E-state index in [-0.39, 0.29) is 0 Å². The van der Waals surface area contributed by atoms with Crippen LogP contribution in [0.1, 0.15) is 0 Å². The van der Waals surface area contributed by atoms with Crippen molar-refractivity contribution in [3.63, 3.8) is 0 Å². The number of Topliss-reactive ketones (excluding diaryl/α,β-unsaturated/α-hetero) is 2. The van der Waals surface area contributed by atoms with Crippen molar-refractivity contribution in [3.05, 3.63) is 0 Å². The monoisotopic (exact) mass is 220 g/mol. The van der Waals surface area contributed by atoms with Gasteiger partial charge < -0.3 is 20.4 Å². The van der Waals surface area contributed by atoms with Crippen LogP contribution in [-0.2, 0) is 24.0 Å². The molecule has 0 aromatic rings. The average Bonchev–Trinajstić information content (AvgIpc) is 2.13. The lowest BCUT2D eigenvalue weighted by atomic mass is 9.93. The summed E-state index contributed by atoms with van der Waals surface area (Å²) in [6.07, 6.45) is 0. The minimum Gasteiger partial charge on any atom is -0.478 e. The first-order valence-electron chi connectivity index (χ1n) is 3.17. The zero-order chi connectivity index (χ0) is 12.4. The summed E-state index contributed by atoms with van der Waals surface area (Å²) in [5.74, 6) is -12.3. The Labute approximate surface area is 80.5 Å². The van der Waals surface area contributed by atoms with Crippen molar-refractivity contribution in [2.75, 3.05) is 0 Å². The quantitative estimate of drug-likeness (QED) is 0.280. The van der Waals surface area contributed by atoms with Gasteiger partial charge in [0.2, 0.25) is 0 Å². The lowest BCUT2D eigenvalue weighted by Crippen LogP contribution is -2.58. The van der Waals surface area contributed by atoms with Crippen molar-refractivity contribution < 1.29 is 44.4 Å². The average molecular weight is 220 g/mol. The van der Waals surface area contributed by atoms with Crippen LogP contribution in [0, 0.1) is 0 Å². The molecule has 4 N–H and O–H groups in total. The Morgan fingerprint density at radius 3 is 1.13 bits per heavy atom. The lowest BCUT2D eigenvalue weighted by Gasteiger charge is -2.14. The third-order valence-electron chi connectivity index (χ3n) is 1.36. The molecule has 0 aliphatic carbocycles. The zero-order valence-corrected chi connectivity index (χ0v) is 6.83. The Kier molecular flexibility index (Phi) is 3.25. The molecule has 9 nitrogen and oxygen atoms in total. The SMILES string of the molecule is O=C(O)C(=O)C(O)(C(=O)O)C(=O)C(=O)O. The van der Waals surface area contributed by atoms with Crippen LogP contribution in [0.2, 0.25) is 0 Å². The van der Waals surface area contributed by atoms with E-state index in [9.17, 15) is 24.0 Å². The van der Waals surface area contributed by atoms with Crippen LogP contribution in [0.5, 0.6) is 0 Å². The number of hydrogen-bond acceptors (Lipinski definition) is 6. The van der Waals surface area contributed by atoms with Gasteiger partial charge in [0.05, 0.1) is 0 Å². The molecular formula is C6H4O9. The third-order valence-corrected chi connectivity index (χ3v) is 1.36. The standard InChI is InChI=1S/C6H4O9/c7-1(3(9)10)6(15,5(13)14)2(8)4(11)12/h15H,(H,9,10)(H,11,12)(H,13,14). The highest BCUT2D eigenvalue weighted by Crippen LogP contribution is 2.09. The molecule has 0 saturated carbocycles. The topological polar surface area (TPSA) is 166 Å². The maximum atomic E-state index is 10.6. The number of hydrogen-bond donors (Lipinski definition) is 4. The van der Waals surface area contributed by atoms with E-state index in [0.717, 1.165) is 0 Å². The number of carboxylic acids is 3. The summed E-state index contributed by atoms with van der Waals surface area (Å²) in [6.45, 7) is 0. The first-order valence-corrected chi connectivity index (χ1v) is 3.17. The van der Waals surface area contributed by atoms with Gasteiger partial charge in [-0.05, 0) is 0 Å². The summed E-state index contributed by atoms with van der Waals surface area (Å²) in [4.78, 5) is 51.7. The maximum Gasteiger partial charge on any atom is 0.376 e. The van der Waals surface area contributed by atoms with Gasteiger partial charge in [0.1, 0.15) is 0 Å². The van der Waals surface area contributed by atoms with Crippen LogP contribution in [0.3, 0.4) is 0 Å². The molecule has 0 radical (unpaired) electrons. The molecule has 15 heavy (non-hydrogen) atoms. The Hall–Kier alpha value is -2.29. The Bertz CT molecular complexity index is 339. The summed E-state index contributed by atoms with van der Waals surface area (Å²) in [7, 11) is 0. The van der Waals surface area contributed by atoms with Crippen molar-refractivity contribution >= 4 is 29.5 Å². The minimum atomic E-state index is -4.10. The molecule has 0 spiro atoms. The number of ketones is 2. The largest absolute Gasteiger partial charge is 0.478 e. The summed E-state index contributed by atoms with van der Waals surface area (Å²) >= 11 is 0. The van der Waals surface area contributed by atoms with E-state index in [1.165, 1.54) is 0 Å². The molecule has 0 bridgehead atoms. The van der Waals surface area contributed by atoms with E-state index in [1.807, 2.05) is 0 Å². The van der Waals surface area contributed by atoms with Crippen LogP contribution in [0.25, 0.3) is 0 Å². The molecule has 0 atom stereocenters. The van der Waals surface area contributed by atoms with Crippen LogP contribution >= 0.6 is 0 Å². The van der Waals surface area contributed by atoms with Crippen molar-refractivity contribution in [2.24, 2.45) is 0 Å². The first kappa shape index (κ1) is 12.7. The molecule has 9 heteroatoms. The van der Waals surface area contributed by atoms with Gasteiger partial charge in [-0.1, -0.05) is 0 Å². The number of rotatable bonds is 5. The summed E-state index contributed by atoms with van der Waals surface area (Å²) in [6, 6.07) is 0. The molecule has 0 rings (SSSR count). The van der Waals surface area contributed by atoms with E-state index < -0.39 is 35.1 Å². The Morgan fingerprint density at radius 1 is 0.733 bits per heavy atom. The number of carbonyl (C=O) groups excluding carboxylic acids is 2. The maximum absolute atomic E-state index is 10.6. The van der Waals surface area contributed by atoms with Gasteiger partial charge in [0, 0.05) is 0 Å². The van der Waals surface area contributed by atoms with E-state index in [2.05, 4.69) is 0 Å². The highest BCUT2D eigenvalue weighted by atomic mass is 16.4. The van der Waals surface area contributed by atoms with Gasteiger partial charge >= 0.3 is 23.5 Å². The van der Waals surface area contributed by atoms with Gasteiger partial charge in [-0.2, -0.15) is 0 Å². The normalized spacial score (nSPS) is 10.5. The number of carboxylic acid groups (broad SMARTS) is 3. The van der Waals surface area contributed by atoms with E-state index >= 15 is 0 Å². The van der Waals surface area contributed by atoms with Gasteiger partial charge in [0.25, 0.3) is 11.6 Å². The van der Waals surface area contributed by atoms with Crippen LogP contribution in [-0.4, -0.2) is 55.5 Å². The summed E-state index contributed by atoms with van der Waals surface area (Å²) in [5.41, 5.74) is -4.10. The second-order valence-corrected chi connectivity index (χ2v) is 2.28. The molecule has 0 heterocycles. The molecule has 0 saturated heterocycles. The second-order valence-electron chi connectivity index (χ2n) is 2.28. The molecule has 0 unspecified atom stereocenters. The zero-order valence-electron chi connectivity index (χ0n) is 6.83. The molecule has 0 amide bonds. The Balaban J connectivity index is 5.55. The van der Waals surface area contributed by atoms with Crippen LogP contribution in [0.15, 0.2) is 0 Å². The molecule has 0 aliphatic rings. The van der Waals surface area contributed by atoms with E-state index in [1.54, 1.807) is 0 Å². The van der Waals surface area contributed by atoms with Crippen molar-refractivity contribution in [2.45, 2.75) is 5.60 Å². The third kappa shape index (κ3) is 1.96. The second kappa shape index (κ2) is 3.84. The van der Waals surface area contributed by atoms with Crippen LogP contribution < -0.4 is 0 Å². The molecule has 0 aromatic carbocycles.